The number of benzene rings is 2. The first-order valence-corrected chi connectivity index (χ1v) is 4.55. The molecule has 2 aromatic rings. The summed E-state index contributed by atoms with van der Waals surface area (Å²) in [6.45, 7) is 0. The maximum absolute atomic E-state index is 8.67. The van der Waals surface area contributed by atoms with E-state index in [0.717, 1.165) is 0 Å². The van der Waals surface area contributed by atoms with Crippen molar-refractivity contribution in [1.82, 2.24) is 0 Å². The van der Waals surface area contributed by atoms with Crippen LogP contribution in [0, 0.1) is 0 Å². The van der Waals surface area contributed by atoms with Crippen LogP contribution in [0.5, 0.6) is 23.0 Å². The molecule has 0 saturated heterocycles. The SMILES string of the molecule is Oc1ccccc1O.Oc1ccccc1O.[Co]. The average molecular weight is 279 g/mol. The molecule has 0 atom stereocenters. The number of hydrogen-bond donors (Lipinski definition) is 4. The van der Waals surface area contributed by atoms with Crippen LogP contribution in [-0.2, 0) is 16.8 Å². The van der Waals surface area contributed by atoms with Gasteiger partial charge in [0.15, 0.2) is 23.0 Å². The molecule has 1 radical (unpaired) electrons. The van der Waals surface area contributed by atoms with Crippen molar-refractivity contribution >= 4 is 0 Å². The predicted octanol–water partition coefficient (Wildman–Crippen LogP) is 2.19. The first-order valence-electron chi connectivity index (χ1n) is 4.55. The van der Waals surface area contributed by atoms with E-state index in [1.165, 1.54) is 24.3 Å². The Morgan fingerprint density at radius 3 is 0.765 bits per heavy atom. The molecular formula is C12H12CoO4. The van der Waals surface area contributed by atoms with Gasteiger partial charge in [0.25, 0.3) is 0 Å². The molecule has 0 aliphatic carbocycles. The fourth-order valence-electron chi connectivity index (χ4n) is 0.928. The number of aromatic hydroxyl groups is 4. The van der Waals surface area contributed by atoms with Gasteiger partial charge in [0, 0.05) is 16.8 Å². The van der Waals surface area contributed by atoms with E-state index in [0.29, 0.717) is 0 Å². The molecule has 2 aromatic carbocycles. The van der Waals surface area contributed by atoms with Gasteiger partial charge in [-0.3, -0.25) is 0 Å². The van der Waals surface area contributed by atoms with Crippen molar-refractivity contribution in [1.29, 1.82) is 0 Å². The zero-order valence-corrected chi connectivity index (χ0v) is 9.78. The second-order valence-corrected chi connectivity index (χ2v) is 2.98. The third kappa shape index (κ3) is 5.14. The van der Waals surface area contributed by atoms with Crippen LogP contribution in [0.2, 0.25) is 0 Å². The quantitative estimate of drug-likeness (QED) is 0.557. The van der Waals surface area contributed by atoms with Crippen LogP contribution in [0.4, 0.5) is 0 Å². The molecule has 0 amide bonds. The van der Waals surface area contributed by atoms with Gasteiger partial charge in [0.2, 0.25) is 0 Å². The second-order valence-electron chi connectivity index (χ2n) is 2.98. The summed E-state index contributed by atoms with van der Waals surface area (Å²) in [6, 6.07) is 12.3. The summed E-state index contributed by atoms with van der Waals surface area (Å²) < 4.78 is 0. The molecule has 0 aromatic heterocycles. The fraction of sp³-hybridized carbons (Fsp3) is 0. The van der Waals surface area contributed by atoms with Gasteiger partial charge in [-0.15, -0.1) is 0 Å². The largest absolute Gasteiger partial charge is 0.504 e. The molecule has 93 valence electrons. The number of phenolic OH excluding ortho intramolecular Hbond substituents is 4. The van der Waals surface area contributed by atoms with E-state index < -0.39 is 0 Å². The van der Waals surface area contributed by atoms with Crippen LogP contribution < -0.4 is 0 Å². The van der Waals surface area contributed by atoms with E-state index >= 15 is 0 Å². The molecule has 0 heterocycles. The van der Waals surface area contributed by atoms with Crippen LogP contribution in [0.25, 0.3) is 0 Å². The third-order valence-electron chi connectivity index (χ3n) is 1.76. The van der Waals surface area contributed by atoms with Crippen LogP contribution in [0.15, 0.2) is 48.5 Å². The Hall–Kier alpha value is -1.85. The minimum atomic E-state index is -0.0764. The normalized spacial score (nSPS) is 8.47. The summed E-state index contributed by atoms with van der Waals surface area (Å²) >= 11 is 0. The fourth-order valence-corrected chi connectivity index (χ4v) is 0.928. The summed E-state index contributed by atoms with van der Waals surface area (Å²) in [4.78, 5) is 0. The van der Waals surface area contributed by atoms with Gasteiger partial charge in [-0.2, -0.15) is 0 Å². The van der Waals surface area contributed by atoms with E-state index in [9.17, 15) is 0 Å². The number of rotatable bonds is 0. The van der Waals surface area contributed by atoms with Gasteiger partial charge in [0.05, 0.1) is 0 Å². The molecule has 0 unspecified atom stereocenters. The molecule has 5 heteroatoms. The molecule has 4 N–H and O–H groups in total. The van der Waals surface area contributed by atoms with Crippen LogP contribution in [0.3, 0.4) is 0 Å². The van der Waals surface area contributed by atoms with E-state index in [1.54, 1.807) is 24.3 Å². The molecule has 4 nitrogen and oxygen atoms in total. The summed E-state index contributed by atoms with van der Waals surface area (Å²) in [5.41, 5.74) is 0. The molecule has 0 spiro atoms. The Morgan fingerprint density at radius 1 is 0.471 bits per heavy atom. The third-order valence-corrected chi connectivity index (χ3v) is 1.76. The smallest absolute Gasteiger partial charge is 0.157 e. The van der Waals surface area contributed by atoms with E-state index in [4.69, 9.17) is 20.4 Å². The van der Waals surface area contributed by atoms with Crippen molar-refractivity contribution < 1.29 is 37.2 Å². The van der Waals surface area contributed by atoms with Gasteiger partial charge >= 0.3 is 0 Å². The van der Waals surface area contributed by atoms with E-state index in [2.05, 4.69) is 0 Å². The summed E-state index contributed by atoms with van der Waals surface area (Å²) in [6.07, 6.45) is 0. The van der Waals surface area contributed by atoms with Crippen LogP contribution >= 0.6 is 0 Å². The summed E-state index contributed by atoms with van der Waals surface area (Å²) in [5.74, 6) is -0.306. The Kier molecular flexibility index (Phi) is 6.62. The first kappa shape index (κ1) is 15.1. The molecule has 17 heavy (non-hydrogen) atoms. The first-order chi connectivity index (χ1) is 7.61. The zero-order valence-electron chi connectivity index (χ0n) is 8.74. The van der Waals surface area contributed by atoms with E-state index in [-0.39, 0.29) is 39.8 Å². The Balaban J connectivity index is 0.000000284. The van der Waals surface area contributed by atoms with E-state index in [1.807, 2.05) is 0 Å². The molecule has 0 fully saturated rings. The topological polar surface area (TPSA) is 80.9 Å². The Labute approximate surface area is 109 Å². The molecule has 2 rings (SSSR count). The van der Waals surface area contributed by atoms with Crippen molar-refractivity contribution in [2.75, 3.05) is 0 Å². The van der Waals surface area contributed by atoms with Crippen LogP contribution in [-0.4, -0.2) is 20.4 Å². The second kappa shape index (κ2) is 7.42. The summed E-state index contributed by atoms with van der Waals surface area (Å²) in [5, 5.41) is 34.7. The van der Waals surface area contributed by atoms with Gasteiger partial charge in [-0.1, -0.05) is 24.3 Å². The zero-order chi connectivity index (χ0) is 12.0. The molecule has 0 bridgehead atoms. The Morgan fingerprint density at radius 2 is 0.647 bits per heavy atom. The summed E-state index contributed by atoms with van der Waals surface area (Å²) in [7, 11) is 0. The van der Waals surface area contributed by atoms with Crippen molar-refractivity contribution in [2.24, 2.45) is 0 Å². The number of phenols is 4. The van der Waals surface area contributed by atoms with Crippen molar-refractivity contribution in [2.45, 2.75) is 0 Å². The van der Waals surface area contributed by atoms with Crippen LogP contribution in [0.1, 0.15) is 0 Å². The molecular weight excluding hydrogens is 267 g/mol. The van der Waals surface area contributed by atoms with Crippen molar-refractivity contribution in [3.8, 4) is 23.0 Å². The Bertz CT molecular complexity index is 374. The number of para-hydroxylation sites is 4. The minimum absolute atomic E-state index is 0. The van der Waals surface area contributed by atoms with Gasteiger partial charge in [-0.05, 0) is 24.3 Å². The minimum Gasteiger partial charge on any atom is -0.504 e. The molecule has 0 aliphatic rings. The maximum Gasteiger partial charge on any atom is 0.157 e. The number of hydrogen-bond acceptors (Lipinski definition) is 4. The van der Waals surface area contributed by atoms with Gasteiger partial charge in [0.1, 0.15) is 0 Å². The van der Waals surface area contributed by atoms with Crippen molar-refractivity contribution in [3.63, 3.8) is 0 Å². The van der Waals surface area contributed by atoms with Gasteiger partial charge in [-0.25, -0.2) is 0 Å². The van der Waals surface area contributed by atoms with Gasteiger partial charge < -0.3 is 20.4 Å². The van der Waals surface area contributed by atoms with Crippen molar-refractivity contribution in [3.05, 3.63) is 48.5 Å². The standard InChI is InChI=1S/2C6H6O2.Co/c2*7-5-3-1-2-4-6(5)8;/h2*1-4,7-8H;. The predicted molar refractivity (Wildman–Crippen MR) is 59.5 cm³/mol. The average Bonchev–Trinajstić information content (AvgIpc) is 2.28. The molecule has 0 saturated carbocycles. The molecule has 0 aliphatic heterocycles. The monoisotopic (exact) mass is 279 g/mol. The maximum atomic E-state index is 8.67.